The summed E-state index contributed by atoms with van der Waals surface area (Å²) in [5.74, 6) is 2.44. The Kier molecular flexibility index (Phi) is 4.95. The molecule has 6 heteroatoms. The predicted octanol–water partition coefficient (Wildman–Crippen LogP) is 2.45. The van der Waals surface area contributed by atoms with Crippen molar-refractivity contribution in [1.29, 1.82) is 0 Å². The van der Waals surface area contributed by atoms with Crippen molar-refractivity contribution >= 4 is 0 Å². The highest BCUT2D eigenvalue weighted by atomic mass is 16.7. The molecule has 2 aromatic rings. The molecular formula is C20H25N3O3. The Labute approximate surface area is 154 Å². The van der Waals surface area contributed by atoms with Gasteiger partial charge in [-0.25, -0.2) is 0 Å². The minimum atomic E-state index is 0.285. The van der Waals surface area contributed by atoms with Gasteiger partial charge < -0.3 is 14.2 Å². The molecule has 0 saturated carbocycles. The molecule has 0 radical (unpaired) electrons. The summed E-state index contributed by atoms with van der Waals surface area (Å²) in [6, 6.07) is 8.10. The molecule has 3 heterocycles. The van der Waals surface area contributed by atoms with E-state index in [-0.39, 0.29) is 6.79 Å². The average Bonchev–Trinajstić information content (AvgIpc) is 3.12. The largest absolute Gasteiger partial charge is 0.496 e. The summed E-state index contributed by atoms with van der Waals surface area (Å²) >= 11 is 0. The zero-order chi connectivity index (χ0) is 17.9. The van der Waals surface area contributed by atoms with E-state index in [1.165, 1.54) is 11.3 Å². The first-order valence-electron chi connectivity index (χ1n) is 9.04. The SMILES string of the molecule is COc1cc2c(cc1CN1CCN(Cc3ncccc3C)CC1)OCO2. The van der Waals surface area contributed by atoms with Gasteiger partial charge in [0.1, 0.15) is 5.75 Å². The van der Waals surface area contributed by atoms with Gasteiger partial charge >= 0.3 is 0 Å². The fraction of sp³-hybridized carbons (Fsp3) is 0.450. The number of fused-ring (bicyclic) bond motifs is 1. The van der Waals surface area contributed by atoms with Gasteiger partial charge in [-0.15, -0.1) is 0 Å². The molecule has 0 unspecified atom stereocenters. The molecule has 1 saturated heterocycles. The van der Waals surface area contributed by atoms with E-state index in [0.29, 0.717) is 0 Å². The Bertz CT molecular complexity index is 773. The molecule has 0 amide bonds. The van der Waals surface area contributed by atoms with Crippen LogP contribution >= 0.6 is 0 Å². The molecule has 0 bridgehead atoms. The molecule has 138 valence electrons. The number of pyridine rings is 1. The van der Waals surface area contributed by atoms with E-state index >= 15 is 0 Å². The van der Waals surface area contributed by atoms with Crippen molar-refractivity contribution in [3.8, 4) is 17.2 Å². The normalized spacial score (nSPS) is 17.5. The Hall–Kier alpha value is -2.31. The van der Waals surface area contributed by atoms with Gasteiger partial charge in [-0.1, -0.05) is 6.07 Å². The molecule has 2 aliphatic heterocycles. The van der Waals surface area contributed by atoms with Crippen molar-refractivity contribution in [1.82, 2.24) is 14.8 Å². The molecule has 0 N–H and O–H groups in total. The standard InChI is InChI=1S/C20H25N3O3/c1-15-4-3-5-21-17(15)13-23-8-6-22(7-9-23)12-16-10-19-20(26-14-25-19)11-18(16)24-2/h3-5,10-11H,6-9,12-14H2,1-2H3. The lowest BCUT2D eigenvalue weighted by molar-refractivity contribution is 0.120. The Morgan fingerprint density at radius 1 is 1.04 bits per heavy atom. The zero-order valence-corrected chi connectivity index (χ0v) is 15.4. The van der Waals surface area contributed by atoms with Crippen LogP contribution in [0.4, 0.5) is 0 Å². The lowest BCUT2D eigenvalue weighted by Gasteiger charge is -2.35. The highest BCUT2D eigenvalue weighted by Crippen LogP contribution is 2.38. The van der Waals surface area contributed by atoms with Crippen molar-refractivity contribution in [2.75, 3.05) is 40.1 Å². The van der Waals surface area contributed by atoms with Crippen LogP contribution in [0.3, 0.4) is 0 Å². The van der Waals surface area contributed by atoms with Gasteiger partial charge in [0.15, 0.2) is 11.5 Å². The van der Waals surface area contributed by atoms with Gasteiger partial charge in [-0.2, -0.15) is 0 Å². The lowest BCUT2D eigenvalue weighted by Crippen LogP contribution is -2.45. The van der Waals surface area contributed by atoms with Crippen molar-refractivity contribution in [3.63, 3.8) is 0 Å². The number of ether oxygens (including phenoxy) is 3. The minimum Gasteiger partial charge on any atom is -0.496 e. The van der Waals surface area contributed by atoms with Gasteiger partial charge in [0, 0.05) is 57.1 Å². The number of nitrogens with zero attached hydrogens (tertiary/aromatic N) is 3. The van der Waals surface area contributed by atoms with Crippen LogP contribution in [0.5, 0.6) is 17.2 Å². The van der Waals surface area contributed by atoms with E-state index in [1.54, 1.807) is 7.11 Å². The predicted molar refractivity (Wildman–Crippen MR) is 98.6 cm³/mol. The van der Waals surface area contributed by atoms with Gasteiger partial charge in [-0.05, 0) is 24.6 Å². The molecule has 2 aliphatic rings. The Balaban J connectivity index is 1.36. The summed E-state index contributed by atoms with van der Waals surface area (Å²) in [6.45, 7) is 8.35. The quantitative estimate of drug-likeness (QED) is 0.821. The molecule has 1 fully saturated rings. The van der Waals surface area contributed by atoms with Crippen LogP contribution in [-0.4, -0.2) is 54.9 Å². The highest BCUT2D eigenvalue weighted by molar-refractivity contribution is 5.51. The maximum Gasteiger partial charge on any atom is 0.231 e. The number of methoxy groups -OCH3 is 1. The number of piperazine rings is 1. The van der Waals surface area contributed by atoms with Crippen LogP contribution in [0.1, 0.15) is 16.8 Å². The van der Waals surface area contributed by atoms with E-state index in [0.717, 1.165) is 62.1 Å². The summed E-state index contributed by atoms with van der Waals surface area (Å²) < 4.78 is 16.5. The number of aryl methyl sites for hydroxylation is 1. The van der Waals surface area contributed by atoms with E-state index in [2.05, 4.69) is 27.8 Å². The topological polar surface area (TPSA) is 47.1 Å². The fourth-order valence-electron chi connectivity index (χ4n) is 3.52. The first kappa shape index (κ1) is 17.1. The van der Waals surface area contributed by atoms with Gasteiger partial charge in [0.2, 0.25) is 6.79 Å². The molecular weight excluding hydrogens is 330 g/mol. The Morgan fingerprint density at radius 3 is 2.42 bits per heavy atom. The average molecular weight is 355 g/mol. The van der Waals surface area contributed by atoms with Crippen LogP contribution in [0, 0.1) is 6.92 Å². The second-order valence-electron chi connectivity index (χ2n) is 6.84. The second-order valence-corrected chi connectivity index (χ2v) is 6.84. The van der Waals surface area contributed by atoms with Crippen LogP contribution < -0.4 is 14.2 Å². The summed E-state index contributed by atoms with van der Waals surface area (Å²) in [6.07, 6.45) is 1.88. The van der Waals surface area contributed by atoms with Crippen LogP contribution in [0.2, 0.25) is 0 Å². The monoisotopic (exact) mass is 355 g/mol. The molecule has 26 heavy (non-hydrogen) atoms. The highest BCUT2D eigenvalue weighted by Gasteiger charge is 2.22. The van der Waals surface area contributed by atoms with E-state index in [4.69, 9.17) is 14.2 Å². The molecule has 1 aromatic carbocycles. The third-order valence-corrected chi connectivity index (χ3v) is 5.13. The maximum atomic E-state index is 5.54. The number of hydrogen-bond donors (Lipinski definition) is 0. The van der Waals surface area contributed by atoms with E-state index < -0.39 is 0 Å². The lowest BCUT2D eigenvalue weighted by atomic mass is 10.1. The summed E-state index contributed by atoms with van der Waals surface area (Å²) in [7, 11) is 1.70. The molecule has 0 atom stereocenters. The summed E-state index contributed by atoms with van der Waals surface area (Å²) in [4.78, 5) is 9.45. The van der Waals surface area contributed by atoms with Gasteiger partial charge in [0.25, 0.3) is 0 Å². The van der Waals surface area contributed by atoms with Gasteiger partial charge in [0.05, 0.1) is 12.8 Å². The summed E-state index contributed by atoms with van der Waals surface area (Å²) in [5, 5.41) is 0. The fourth-order valence-corrected chi connectivity index (χ4v) is 3.52. The molecule has 4 rings (SSSR count). The first-order chi connectivity index (χ1) is 12.7. The van der Waals surface area contributed by atoms with Gasteiger partial charge in [-0.3, -0.25) is 14.8 Å². The van der Waals surface area contributed by atoms with Crippen molar-refractivity contribution in [2.45, 2.75) is 20.0 Å². The van der Waals surface area contributed by atoms with Crippen LogP contribution in [-0.2, 0) is 13.1 Å². The first-order valence-corrected chi connectivity index (χ1v) is 9.04. The van der Waals surface area contributed by atoms with E-state index in [1.807, 2.05) is 24.4 Å². The van der Waals surface area contributed by atoms with Crippen molar-refractivity contribution in [2.24, 2.45) is 0 Å². The number of rotatable bonds is 5. The maximum absolute atomic E-state index is 5.54. The Morgan fingerprint density at radius 2 is 1.73 bits per heavy atom. The molecule has 0 aliphatic carbocycles. The molecule has 6 nitrogen and oxygen atoms in total. The third-order valence-electron chi connectivity index (χ3n) is 5.13. The van der Waals surface area contributed by atoms with Crippen LogP contribution in [0.25, 0.3) is 0 Å². The second kappa shape index (κ2) is 7.51. The smallest absolute Gasteiger partial charge is 0.231 e. The zero-order valence-electron chi connectivity index (χ0n) is 15.4. The molecule has 1 aromatic heterocycles. The van der Waals surface area contributed by atoms with Crippen molar-refractivity contribution in [3.05, 3.63) is 47.3 Å². The number of hydrogen-bond acceptors (Lipinski definition) is 6. The van der Waals surface area contributed by atoms with Crippen molar-refractivity contribution < 1.29 is 14.2 Å². The number of benzene rings is 1. The number of aromatic nitrogens is 1. The minimum absolute atomic E-state index is 0.285. The molecule has 0 spiro atoms. The third kappa shape index (κ3) is 3.61. The summed E-state index contributed by atoms with van der Waals surface area (Å²) in [5.41, 5.74) is 3.59. The van der Waals surface area contributed by atoms with Crippen LogP contribution in [0.15, 0.2) is 30.5 Å². The van der Waals surface area contributed by atoms with E-state index in [9.17, 15) is 0 Å².